The van der Waals surface area contributed by atoms with Crippen LogP contribution in [0.15, 0.2) is 54.6 Å². The number of hydrogen-bond donors (Lipinski definition) is 0. The molecule has 0 aliphatic heterocycles. The maximum absolute atomic E-state index is 2.32. The lowest BCUT2D eigenvalue weighted by Crippen LogP contribution is -2.19. The zero-order valence-electron chi connectivity index (χ0n) is 12.1. The van der Waals surface area contributed by atoms with Crippen LogP contribution in [0.25, 0.3) is 0 Å². The molecule has 0 saturated heterocycles. The van der Waals surface area contributed by atoms with Crippen LogP contribution in [0.1, 0.15) is 24.0 Å². The average molecular weight is 285 g/mol. The summed E-state index contributed by atoms with van der Waals surface area (Å²) in [5, 5.41) is 2.69. The number of benzene rings is 2. The Balaban J connectivity index is 1.75. The van der Waals surface area contributed by atoms with E-state index in [2.05, 4.69) is 61.5 Å². The standard InChI is InChI=1S/C17H24Si2/c1-14-8-5-6-9-15(14)10-7-13-17(18)19-16-11-3-2-4-12-16/h2-6,8-9,11-12,17H,7,10,13,19H2,1,18H3. The fourth-order valence-corrected chi connectivity index (χ4v) is 6.31. The first-order valence-electron chi connectivity index (χ1n) is 7.34. The molecule has 0 aromatic heterocycles. The van der Waals surface area contributed by atoms with Gasteiger partial charge in [0.05, 0.1) is 9.52 Å². The minimum absolute atomic E-state index is 0.0351. The van der Waals surface area contributed by atoms with Gasteiger partial charge in [-0.25, -0.2) is 0 Å². The third-order valence-corrected chi connectivity index (χ3v) is 7.68. The summed E-state index contributed by atoms with van der Waals surface area (Å²) in [6, 6.07) is 19.9. The van der Waals surface area contributed by atoms with Crippen molar-refractivity contribution in [3.05, 3.63) is 65.7 Å². The molecule has 0 N–H and O–H groups in total. The first-order chi connectivity index (χ1) is 9.25. The first-order valence-corrected chi connectivity index (χ1v) is 10.0. The fraction of sp³-hybridized carbons (Fsp3) is 0.294. The van der Waals surface area contributed by atoms with E-state index >= 15 is 0 Å². The Hall–Kier alpha value is -1.13. The molecular formula is C17H24Si2. The molecular weight excluding hydrogens is 260 g/mol. The molecule has 0 saturated carbocycles. The highest BCUT2D eigenvalue weighted by atomic mass is 28.2. The molecule has 0 heterocycles. The van der Waals surface area contributed by atoms with Crippen LogP contribution >= 0.6 is 0 Å². The van der Waals surface area contributed by atoms with Crippen LogP contribution in [0.4, 0.5) is 0 Å². The number of hydrogen-bond acceptors (Lipinski definition) is 0. The Bertz CT molecular complexity index is 494. The molecule has 0 nitrogen and oxygen atoms in total. The summed E-state index contributed by atoms with van der Waals surface area (Å²) in [4.78, 5) is 0. The Kier molecular flexibility index (Phi) is 5.61. The molecule has 0 radical (unpaired) electrons. The summed E-state index contributed by atoms with van der Waals surface area (Å²) in [5.41, 5.74) is 2.99. The minimum atomic E-state index is -0.0351. The zero-order valence-corrected chi connectivity index (χ0v) is 15.5. The van der Waals surface area contributed by atoms with Gasteiger partial charge in [0.15, 0.2) is 0 Å². The number of aryl methyl sites for hydroxylation is 2. The SMILES string of the molecule is Cc1ccccc1CCCC([SiH3])[SiH2]c1ccccc1. The predicted octanol–water partition coefficient (Wildman–Crippen LogP) is 1.92. The lowest BCUT2D eigenvalue weighted by atomic mass is 10.0. The molecule has 0 fully saturated rings. The summed E-state index contributed by atoms with van der Waals surface area (Å²) < 4.78 is 0. The first kappa shape index (κ1) is 14.3. The smallest absolute Gasteiger partial charge is 0.0544 e. The van der Waals surface area contributed by atoms with Crippen LogP contribution in [-0.2, 0) is 6.42 Å². The van der Waals surface area contributed by atoms with Crippen molar-refractivity contribution in [3.8, 4) is 0 Å². The van der Waals surface area contributed by atoms with Crippen molar-refractivity contribution in [2.24, 2.45) is 0 Å². The van der Waals surface area contributed by atoms with E-state index in [9.17, 15) is 0 Å². The molecule has 1 unspecified atom stereocenters. The second-order valence-corrected chi connectivity index (χ2v) is 11.5. The highest BCUT2D eigenvalue weighted by Crippen LogP contribution is 2.14. The summed E-state index contributed by atoms with van der Waals surface area (Å²) in [7, 11) is 1.33. The highest BCUT2D eigenvalue weighted by molar-refractivity contribution is 6.62. The van der Waals surface area contributed by atoms with Crippen LogP contribution in [0, 0.1) is 6.92 Å². The van der Waals surface area contributed by atoms with Crippen molar-refractivity contribution in [1.29, 1.82) is 0 Å². The Morgan fingerprint density at radius 1 is 1.00 bits per heavy atom. The Morgan fingerprint density at radius 3 is 2.42 bits per heavy atom. The van der Waals surface area contributed by atoms with Gasteiger partial charge in [0.2, 0.25) is 0 Å². The lowest BCUT2D eigenvalue weighted by molar-refractivity contribution is 0.767. The van der Waals surface area contributed by atoms with E-state index in [4.69, 9.17) is 0 Å². The van der Waals surface area contributed by atoms with E-state index in [1.807, 2.05) is 0 Å². The maximum atomic E-state index is 2.32. The van der Waals surface area contributed by atoms with Crippen LogP contribution in [0.2, 0.25) is 5.16 Å². The van der Waals surface area contributed by atoms with E-state index in [1.54, 1.807) is 5.19 Å². The normalized spacial score (nSPS) is 13.1. The maximum Gasteiger partial charge on any atom is 0.0544 e. The average Bonchev–Trinajstić information content (AvgIpc) is 2.42. The van der Waals surface area contributed by atoms with Crippen molar-refractivity contribution in [3.63, 3.8) is 0 Å². The van der Waals surface area contributed by atoms with Crippen molar-refractivity contribution in [2.75, 3.05) is 0 Å². The van der Waals surface area contributed by atoms with Crippen LogP contribution in [0.3, 0.4) is 0 Å². The molecule has 0 amide bonds. The van der Waals surface area contributed by atoms with Crippen molar-refractivity contribution < 1.29 is 0 Å². The van der Waals surface area contributed by atoms with Gasteiger partial charge in [-0.15, -0.1) is 0 Å². The van der Waals surface area contributed by atoms with Gasteiger partial charge in [-0.05, 0) is 30.9 Å². The third kappa shape index (κ3) is 4.80. The van der Waals surface area contributed by atoms with E-state index in [0.717, 1.165) is 5.16 Å². The van der Waals surface area contributed by atoms with Gasteiger partial charge < -0.3 is 0 Å². The van der Waals surface area contributed by atoms with E-state index < -0.39 is 0 Å². The summed E-state index contributed by atoms with van der Waals surface area (Å²) in [6.07, 6.45) is 4.05. The van der Waals surface area contributed by atoms with E-state index in [0.29, 0.717) is 0 Å². The quantitative estimate of drug-likeness (QED) is 0.711. The topological polar surface area (TPSA) is 0 Å². The van der Waals surface area contributed by atoms with Gasteiger partial charge in [-0.3, -0.25) is 0 Å². The van der Waals surface area contributed by atoms with Gasteiger partial charge in [-0.1, -0.05) is 71.4 Å². The van der Waals surface area contributed by atoms with Crippen LogP contribution < -0.4 is 5.19 Å². The van der Waals surface area contributed by atoms with E-state index in [-0.39, 0.29) is 9.52 Å². The van der Waals surface area contributed by atoms with Crippen molar-refractivity contribution in [1.82, 2.24) is 0 Å². The van der Waals surface area contributed by atoms with Gasteiger partial charge in [0.1, 0.15) is 0 Å². The summed E-state index contributed by atoms with van der Waals surface area (Å²) in [5.74, 6) is 0. The highest BCUT2D eigenvalue weighted by Gasteiger charge is 2.05. The molecule has 2 heteroatoms. The van der Waals surface area contributed by atoms with Crippen molar-refractivity contribution in [2.45, 2.75) is 31.4 Å². The van der Waals surface area contributed by atoms with Crippen LogP contribution in [0.5, 0.6) is 0 Å². The van der Waals surface area contributed by atoms with Gasteiger partial charge >= 0.3 is 0 Å². The molecule has 19 heavy (non-hydrogen) atoms. The van der Waals surface area contributed by atoms with Gasteiger partial charge in [0, 0.05) is 10.2 Å². The predicted molar refractivity (Wildman–Crippen MR) is 92.4 cm³/mol. The Labute approximate surface area is 122 Å². The molecule has 2 aromatic rings. The minimum Gasteiger partial charge on any atom is -0.0670 e. The summed E-state index contributed by atoms with van der Waals surface area (Å²) >= 11 is 0. The fourth-order valence-electron chi connectivity index (χ4n) is 2.65. The van der Waals surface area contributed by atoms with Gasteiger partial charge in [-0.2, -0.15) is 0 Å². The summed E-state index contributed by atoms with van der Waals surface area (Å²) in [6.45, 7) is 2.23. The van der Waals surface area contributed by atoms with Crippen molar-refractivity contribution >= 4 is 24.9 Å². The largest absolute Gasteiger partial charge is 0.0670 e. The second kappa shape index (κ2) is 7.46. The molecule has 2 aromatic carbocycles. The molecule has 0 aliphatic rings. The molecule has 0 aliphatic carbocycles. The Morgan fingerprint density at radius 2 is 1.68 bits per heavy atom. The monoisotopic (exact) mass is 284 g/mol. The molecule has 0 bridgehead atoms. The second-order valence-electron chi connectivity index (χ2n) is 5.61. The molecule has 0 spiro atoms. The molecule has 2 rings (SSSR count). The molecule has 1 atom stereocenters. The van der Waals surface area contributed by atoms with Gasteiger partial charge in [0.25, 0.3) is 0 Å². The van der Waals surface area contributed by atoms with E-state index in [1.165, 1.54) is 40.6 Å². The number of rotatable bonds is 6. The van der Waals surface area contributed by atoms with Crippen LogP contribution in [-0.4, -0.2) is 19.8 Å². The third-order valence-electron chi connectivity index (χ3n) is 3.83. The molecule has 100 valence electrons. The zero-order chi connectivity index (χ0) is 13.5. The lowest BCUT2D eigenvalue weighted by Gasteiger charge is -2.11.